The summed E-state index contributed by atoms with van der Waals surface area (Å²) in [4.78, 5) is 0. The molecule has 46 heavy (non-hydrogen) atoms. The number of fused-ring (bicyclic) bond motifs is 4. The van der Waals surface area contributed by atoms with Crippen LogP contribution < -0.4 is 0 Å². The maximum Gasteiger partial charge on any atom is 0.0636 e. The molecule has 0 heteroatoms. The lowest BCUT2D eigenvalue weighted by Gasteiger charge is -2.20. The molecule has 0 bridgehead atoms. The Labute approximate surface area is 285 Å². The predicted molar refractivity (Wildman–Crippen MR) is 198 cm³/mol. The summed E-state index contributed by atoms with van der Waals surface area (Å²) < 4.78 is 108. The van der Waals surface area contributed by atoms with Gasteiger partial charge in [-0.1, -0.05) is 170 Å². The lowest BCUT2D eigenvalue weighted by atomic mass is 9.83. The molecule has 0 fully saturated rings. The molecule has 0 atom stereocenters. The fraction of sp³-hybridized carbons (Fsp3) is 0. The number of hydrogen-bond donors (Lipinski definition) is 0. The summed E-state index contributed by atoms with van der Waals surface area (Å²) in [5.74, 6) is 0. The molecular formula is C46H30. The molecule has 0 unspecified atom stereocenters. The van der Waals surface area contributed by atoms with Gasteiger partial charge >= 0.3 is 0 Å². The average Bonchev–Trinajstić information content (AvgIpc) is 3.25. The molecule has 214 valence electrons. The molecule has 9 rings (SSSR count). The zero-order chi connectivity index (χ0) is 40.9. The van der Waals surface area contributed by atoms with Crippen LogP contribution in [0.15, 0.2) is 182 Å². The van der Waals surface area contributed by atoms with E-state index in [1.807, 2.05) is 78.9 Å². The Morgan fingerprint density at radius 3 is 1.78 bits per heavy atom. The van der Waals surface area contributed by atoms with Gasteiger partial charge in [0.25, 0.3) is 0 Å². The normalized spacial score (nSPS) is 15.1. The minimum absolute atomic E-state index is 0.0466. The van der Waals surface area contributed by atoms with E-state index >= 15 is 0 Å². The molecule has 0 aromatic heterocycles. The predicted octanol–water partition coefficient (Wildman–Crippen LogP) is 13.0. The van der Waals surface area contributed by atoms with Crippen LogP contribution in [-0.4, -0.2) is 0 Å². The first-order valence-electron chi connectivity index (χ1n) is 21.0. The van der Waals surface area contributed by atoms with Gasteiger partial charge in [-0.25, -0.2) is 0 Å². The third-order valence-electron chi connectivity index (χ3n) is 8.57. The van der Waals surface area contributed by atoms with E-state index in [0.29, 0.717) is 16.5 Å². The lowest BCUT2D eigenvalue weighted by Crippen LogP contribution is -1.92. The highest BCUT2D eigenvalue weighted by Crippen LogP contribution is 2.46. The molecule has 0 saturated heterocycles. The highest BCUT2D eigenvalue weighted by molar-refractivity contribution is 6.24. The van der Waals surface area contributed by atoms with Crippen LogP contribution in [0, 0.1) is 0 Å². The van der Waals surface area contributed by atoms with Crippen molar-refractivity contribution in [1.29, 1.82) is 0 Å². The Hall–Kier alpha value is -5.98. The Morgan fingerprint density at radius 2 is 0.957 bits per heavy atom. The first-order valence-corrected chi connectivity index (χ1v) is 15.0. The Bertz CT molecular complexity index is 3210. The highest BCUT2D eigenvalue weighted by Gasteiger charge is 2.19. The van der Waals surface area contributed by atoms with Crippen molar-refractivity contribution in [3.63, 3.8) is 0 Å². The largest absolute Gasteiger partial charge is 0.0636 e. The van der Waals surface area contributed by atoms with Crippen LogP contribution in [-0.2, 0) is 0 Å². The fourth-order valence-electron chi connectivity index (χ4n) is 6.42. The van der Waals surface area contributed by atoms with Crippen molar-refractivity contribution in [2.24, 2.45) is 0 Å². The van der Waals surface area contributed by atoms with Gasteiger partial charge in [-0.15, -0.1) is 0 Å². The Kier molecular flexibility index (Phi) is 4.00. The second-order valence-electron chi connectivity index (χ2n) is 11.2. The van der Waals surface area contributed by atoms with Gasteiger partial charge in [-0.05, 0) is 99.7 Å². The van der Waals surface area contributed by atoms with Gasteiger partial charge in [0, 0.05) is 0 Å². The molecule has 0 aliphatic carbocycles. The first-order chi connectivity index (χ1) is 27.8. The van der Waals surface area contributed by atoms with Crippen molar-refractivity contribution >= 4 is 43.1 Å². The second-order valence-corrected chi connectivity index (χ2v) is 11.2. The Morgan fingerprint density at radius 1 is 0.326 bits per heavy atom. The van der Waals surface area contributed by atoms with Gasteiger partial charge in [0.1, 0.15) is 0 Å². The molecule has 0 nitrogen and oxygen atoms in total. The van der Waals surface area contributed by atoms with Gasteiger partial charge in [0.2, 0.25) is 0 Å². The van der Waals surface area contributed by atoms with E-state index in [2.05, 4.69) is 6.07 Å². The Balaban J connectivity index is 1.49. The second kappa shape index (κ2) is 10.9. The van der Waals surface area contributed by atoms with E-state index in [0.717, 1.165) is 27.3 Å². The summed E-state index contributed by atoms with van der Waals surface area (Å²) in [6.07, 6.45) is 0. The third kappa shape index (κ3) is 4.38. The van der Waals surface area contributed by atoms with Crippen LogP contribution in [0.1, 0.15) is 16.4 Å². The van der Waals surface area contributed by atoms with Crippen molar-refractivity contribution < 1.29 is 16.4 Å². The van der Waals surface area contributed by atoms with Gasteiger partial charge in [-0.3, -0.25) is 0 Å². The molecule has 0 N–H and O–H groups in total. The molecule has 9 aromatic rings. The van der Waals surface area contributed by atoms with Crippen LogP contribution in [0.25, 0.3) is 87.6 Å². The van der Waals surface area contributed by atoms with E-state index in [-0.39, 0.29) is 50.3 Å². The molecule has 0 radical (unpaired) electrons. The van der Waals surface area contributed by atoms with Crippen LogP contribution in [0.4, 0.5) is 0 Å². The van der Waals surface area contributed by atoms with Crippen LogP contribution in [0.5, 0.6) is 0 Å². The van der Waals surface area contributed by atoms with E-state index in [1.54, 1.807) is 24.3 Å². The summed E-state index contributed by atoms with van der Waals surface area (Å²) in [6.45, 7) is 0. The fourth-order valence-corrected chi connectivity index (χ4v) is 6.42. The topological polar surface area (TPSA) is 0 Å². The number of benzene rings is 9. The van der Waals surface area contributed by atoms with Crippen molar-refractivity contribution in [3.05, 3.63) is 182 Å². The maximum atomic E-state index is 9.94. The SMILES string of the molecule is [2H]c1c([2H])c([2H])c(-c2c([2H])c([2H])c3c(-c4ccc(-c5ccc6ccccc6c5)cc4)c4c([2H])c([2H])c([2H])c([2H])c4c(-c4cccc5ccccc45)c3c2[2H])c([2H])c1[2H]. The van der Waals surface area contributed by atoms with E-state index < -0.39 is 66.0 Å². The molecule has 9 aromatic carbocycles. The molecule has 0 aliphatic rings. The smallest absolute Gasteiger partial charge is 0.0622 e. The first kappa shape index (κ1) is 16.9. The summed E-state index contributed by atoms with van der Waals surface area (Å²) >= 11 is 0. The number of hydrogen-bond acceptors (Lipinski definition) is 0. The zero-order valence-corrected chi connectivity index (χ0v) is 24.4. The maximum absolute atomic E-state index is 9.94. The van der Waals surface area contributed by atoms with E-state index in [9.17, 15) is 6.85 Å². The summed E-state index contributed by atoms with van der Waals surface area (Å²) in [5.41, 5.74) is 2.44. The zero-order valence-electron chi connectivity index (χ0n) is 36.4. The average molecular weight is 595 g/mol. The van der Waals surface area contributed by atoms with Crippen molar-refractivity contribution in [1.82, 2.24) is 0 Å². The summed E-state index contributed by atoms with van der Waals surface area (Å²) in [7, 11) is 0. The molecule has 0 aliphatic heterocycles. The van der Waals surface area contributed by atoms with Crippen LogP contribution in [0.3, 0.4) is 0 Å². The van der Waals surface area contributed by atoms with Crippen LogP contribution >= 0.6 is 0 Å². The summed E-state index contributed by atoms with van der Waals surface area (Å²) in [6, 6.07) is 28.0. The lowest BCUT2D eigenvalue weighted by molar-refractivity contribution is 1.62. The van der Waals surface area contributed by atoms with Crippen molar-refractivity contribution in [2.75, 3.05) is 0 Å². The molecule has 0 saturated carbocycles. The number of rotatable bonds is 4. The third-order valence-corrected chi connectivity index (χ3v) is 8.57. The minimum atomic E-state index is -0.657. The van der Waals surface area contributed by atoms with E-state index in [4.69, 9.17) is 9.60 Å². The van der Waals surface area contributed by atoms with Gasteiger partial charge in [0.15, 0.2) is 0 Å². The van der Waals surface area contributed by atoms with Crippen molar-refractivity contribution in [3.8, 4) is 44.5 Å². The van der Waals surface area contributed by atoms with Crippen molar-refractivity contribution in [2.45, 2.75) is 0 Å². The molecule has 0 heterocycles. The quantitative estimate of drug-likeness (QED) is 0.178. The highest BCUT2D eigenvalue weighted by atomic mass is 14.2. The van der Waals surface area contributed by atoms with Gasteiger partial charge < -0.3 is 0 Å². The van der Waals surface area contributed by atoms with Crippen LogP contribution in [0.2, 0.25) is 0 Å². The van der Waals surface area contributed by atoms with Gasteiger partial charge in [0.05, 0.1) is 16.4 Å². The standard InChI is InChI=1S/C46H30/c1-2-11-31(12-3-1)38-27-28-43-44(30-38)46(40-20-10-16-34-14-6-7-17-39(34)40)42-19-9-8-18-41(42)45(43)35-24-21-33(22-25-35)37-26-23-32-13-4-5-15-36(32)29-37/h1-30H/i1D,2D,3D,8D,9D,11D,12D,18D,19D,27D,28D,30D. The summed E-state index contributed by atoms with van der Waals surface area (Å²) in [5, 5.41) is 3.93. The molecule has 0 spiro atoms. The monoisotopic (exact) mass is 594 g/mol. The molecular weight excluding hydrogens is 553 g/mol. The van der Waals surface area contributed by atoms with E-state index in [1.165, 1.54) is 0 Å². The van der Waals surface area contributed by atoms with Gasteiger partial charge in [-0.2, -0.15) is 0 Å². The minimum Gasteiger partial charge on any atom is -0.0622 e. The molecule has 0 amide bonds.